The first-order chi connectivity index (χ1) is 3.72. The van der Waals surface area contributed by atoms with Crippen molar-refractivity contribution in [2.24, 2.45) is 0 Å². The predicted molar refractivity (Wildman–Crippen MR) is 34.2 cm³/mol. The van der Waals surface area contributed by atoms with E-state index in [1.165, 1.54) is 0 Å². The Kier molecular flexibility index (Phi) is 3.57. The minimum atomic E-state index is -1.26. The monoisotopic (exact) mass is 114 g/mol. The van der Waals surface area contributed by atoms with E-state index in [2.05, 4.69) is 0 Å². The molecule has 2 nitrogen and oxygen atoms in total. The maximum absolute atomic E-state index is 8.50. The first-order valence-corrected chi connectivity index (χ1v) is 2.73. The van der Waals surface area contributed by atoms with Crippen molar-refractivity contribution in [3.63, 3.8) is 0 Å². The van der Waals surface area contributed by atoms with Crippen molar-refractivity contribution in [3.05, 3.63) is 11.5 Å². The lowest BCUT2D eigenvalue weighted by molar-refractivity contribution is 0.417. The molecular formula is C5H11BO2. The van der Waals surface area contributed by atoms with E-state index in [1.54, 1.807) is 13.0 Å². The predicted octanol–water partition coefficient (Wildman–Crippen LogP) is 0.355. The Hall–Kier alpha value is -0.275. The summed E-state index contributed by atoms with van der Waals surface area (Å²) in [4.78, 5) is 0. The van der Waals surface area contributed by atoms with Crippen LogP contribution < -0.4 is 0 Å². The summed E-state index contributed by atoms with van der Waals surface area (Å²) >= 11 is 0. The number of hydrogen-bond donors (Lipinski definition) is 2. The van der Waals surface area contributed by atoms with Crippen molar-refractivity contribution in [2.75, 3.05) is 0 Å². The molecule has 0 rings (SSSR count). The van der Waals surface area contributed by atoms with Crippen molar-refractivity contribution >= 4 is 7.12 Å². The fourth-order valence-electron chi connectivity index (χ4n) is 0.536. The molecule has 0 aromatic heterocycles. The van der Waals surface area contributed by atoms with E-state index in [9.17, 15) is 0 Å². The van der Waals surface area contributed by atoms with Gasteiger partial charge in [0.1, 0.15) is 0 Å². The van der Waals surface area contributed by atoms with Crippen molar-refractivity contribution < 1.29 is 10.0 Å². The summed E-state index contributed by atoms with van der Waals surface area (Å²) in [6.07, 6.45) is 2.42. The molecule has 0 aromatic carbocycles. The fourth-order valence-corrected chi connectivity index (χ4v) is 0.536. The summed E-state index contributed by atoms with van der Waals surface area (Å²) in [5.74, 6) is 0. The molecule has 0 unspecified atom stereocenters. The molecule has 2 N–H and O–H groups in total. The summed E-state index contributed by atoms with van der Waals surface area (Å²) in [5.41, 5.74) is 0.671. The second-order valence-electron chi connectivity index (χ2n) is 1.59. The van der Waals surface area contributed by atoms with E-state index < -0.39 is 7.12 Å². The minimum Gasteiger partial charge on any atom is -0.423 e. The van der Waals surface area contributed by atoms with Gasteiger partial charge in [-0.25, -0.2) is 0 Å². The SMILES string of the molecule is CC=C(CC)B(O)O. The largest absolute Gasteiger partial charge is 0.483 e. The molecular weight excluding hydrogens is 103 g/mol. The molecule has 0 radical (unpaired) electrons. The highest BCUT2D eigenvalue weighted by molar-refractivity contribution is 6.50. The maximum atomic E-state index is 8.50. The molecule has 0 fully saturated rings. The minimum absolute atomic E-state index is 0.671. The molecule has 46 valence electrons. The molecule has 0 heterocycles. The van der Waals surface area contributed by atoms with Gasteiger partial charge in [0, 0.05) is 0 Å². The van der Waals surface area contributed by atoms with Crippen LogP contribution in [-0.4, -0.2) is 17.2 Å². The summed E-state index contributed by atoms with van der Waals surface area (Å²) in [6, 6.07) is 0. The molecule has 0 saturated carbocycles. The van der Waals surface area contributed by atoms with E-state index >= 15 is 0 Å². The van der Waals surface area contributed by atoms with E-state index in [4.69, 9.17) is 10.0 Å². The third kappa shape index (κ3) is 2.14. The highest BCUT2D eigenvalue weighted by Gasteiger charge is 2.09. The summed E-state index contributed by atoms with van der Waals surface area (Å²) in [6.45, 7) is 3.67. The Morgan fingerprint density at radius 2 is 2.12 bits per heavy atom. The van der Waals surface area contributed by atoms with Gasteiger partial charge in [0.05, 0.1) is 0 Å². The molecule has 0 amide bonds. The molecule has 0 aliphatic heterocycles. The summed E-state index contributed by atoms with van der Waals surface area (Å²) < 4.78 is 0. The molecule has 0 aliphatic carbocycles. The zero-order valence-corrected chi connectivity index (χ0v) is 5.26. The molecule has 0 bridgehead atoms. The van der Waals surface area contributed by atoms with Crippen molar-refractivity contribution in [1.29, 1.82) is 0 Å². The van der Waals surface area contributed by atoms with Crippen molar-refractivity contribution in [1.82, 2.24) is 0 Å². The van der Waals surface area contributed by atoms with Crippen molar-refractivity contribution in [2.45, 2.75) is 20.3 Å². The van der Waals surface area contributed by atoms with Crippen molar-refractivity contribution in [3.8, 4) is 0 Å². The van der Waals surface area contributed by atoms with Gasteiger partial charge in [-0.2, -0.15) is 0 Å². The lowest BCUT2D eigenvalue weighted by atomic mass is 9.78. The molecule has 0 spiro atoms. The van der Waals surface area contributed by atoms with E-state index in [0.29, 0.717) is 11.9 Å². The van der Waals surface area contributed by atoms with Crippen LogP contribution in [0.15, 0.2) is 11.5 Å². The van der Waals surface area contributed by atoms with Gasteiger partial charge in [0.25, 0.3) is 0 Å². The quantitative estimate of drug-likeness (QED) is 0.508. The molecule has 0 aromatic rings. The maximum Gasteiger partial charge on any atom is 0.483 e. The Balaban J connectivity index is 3.72. The second-order valence-corrected chi connectivity index (χ2v) is 1.59. The zero-order valence-electron chi connectivity index (χ0n) is 5.26. The first kappa shape index (κ1) is 7.72. The Morgan fingerprint density at radius 3 is 2.12 bits per heavy atom. The van der Waals surface area contributed by atoms with Gasteiger partial charge < -0.3 is 10.0 Å². The summed E-state index contributed by atoms with van der Waals surface area (Å²) in [5, 5.41) is 17.0. The average molecular weight is 114 g/mol. The number of allylic oxidation sites excluding steroid dienone is 2. The van der Waals surface area contributed by atoms with Crippen LogP contribution in [0.2, 0.25) is 0 Å². The van der Waals surface area contributed by atoms with Crippen LogP contribution in [0.25, 0.3) is 0 Å². The van der Waals surface area contributed by atoms with Crippen LogP contribution >= 0.6 is 0 Å². The van der Waals surface area contributed by atoms with E-state index in [0.717, 1.165) is 0 Å². The highest BCUT2D eigenvalue weighted by atomic mass is 16.4. The lowest BCUT2D eigenvalue weighted by Gasteiger charge is -1.97. The van der Waals surface area contributed by atoms with Gasteiger partial charge in [-0.3, -0.25) is 0 Å². The fraction of sp³-hybridized carbons (Fsp3) is 0.600. The van der Waals surface area contributed by atoms with Crippen LogP contribution in [0.4, 0.5) is 0 Å². The van der Waals surface area contributed by atoms with Gasteiger partial charge in [0.2, 0.25) is 0 Å². The molecule has 0 saturated heterocycles. The standard InChI is InChI=1S/C5H11BO2/c1-3-5(4-2)6(7)8/h3,7-8H,4H2,1-2H3. The molecule has 0 atom stereocenters. The van der Waals surface area contributed by atoms with Gasteiger partial charge in [-0.05, 0) is 18.8 Å². The topological polar surface area (TPSA) is 40.5 Å². The van der Waals surface area contributed by atoms with Crippen LogP contribution in [-0.2, 0) is 0 Å². The number of rotatable bonds is 2. The molecule has 8 heavy (non-hydrogen) atoms. The second kappa shape index (κ2) is 3.69. The Morgan fingerprint density at radius 1 is 1.62 bits per heavy atom. The van der Waals surface area contributed by atoms with Gasteiger partial charge in [-0.15, -0.1) is 0 Å². The molecule has 3 heteroatoms. The van der Waals surface area contributed by atoms with Crippen LogP contribution in [0, 0.1) is 0 Å². The van der Waals surface area contributed by atoms with Gasteiger partial charge in [-0.1, -0.05) is 13.0 Å². The normalized spacial score (nSPS) is 11.8. The zero-order chi connectivity index (χ0) is 6.57. The van der Waals surface area contributed by atoms with Gasteiger partial charge in [0.15, 0.2) is 0 Å². The van der Waals surface area contributed by atoms with Crippen LogP contribution in [0.3, 0.4) is 0 Å². The first-order valence-electron chi connectivity index (χ1n) is 2.73. The Labute approximate surface area is 50.0 Å². The molecule has 0 aliphatic rings. The third-order valence-corrected chi connectivity index (χ3v) is 1.11. The van der Waals surface area contributed by atoms with E-state index in [-0.39, 0.29) is 0 Å². The third-order valence-electron chi connectivity index (χ3n) is 1.11. The highest BCUT2D eigenvalue weighted by Crippen LogP contribution is 1.99. The lowest BCUT2D eigenvalue weighted by Crippen LogP contribution is -2.14. The average Bonchev–Trinajstić information content (AvgIpc) is 1.69. The van der Waals surface area contributed by atoms with Crippen LogP contribution in [0.5, 0.6) is 0 Å². The summed E-state index contributed by atoms with van der Waals surface area (Å²) in [7, 11) is -1.26. The smallest absolute Gasteiger partial charge is 0.423 e. The Bertz CT molecular complexity index is 88.4. The number of hydrogen-bond acceptors (Lipinski definition) is 2. The van der Waals surface area contributed by atoms with E-state index in [1.807, 2.05) is 6.92 Å². The van der Waals surface area contributed by atoms with Gasteiger partial charge >= 0.3 is 7.12 Å². The van der Waals surface area contributed by atoms with Crippen LogP contribution in [0.1, 0.15) is 20.3 Å².